The molecule has 0 saturated heterocycles. The molecule has 0 radical (unpaired) electrons. The summed E-state index contributed by atoms with van der Waals surface area (Å²) in [6, 6.07) is 17.1. The Bertz CT molecular complexity index is 1040. The van der Waals surface area contributed by atoms with Crippen molar-refractivity contribution in [3.05, 3.63) is 59.6 Å². The fourth-order valence-electron chi connectivity index (χ4n) is 2.64. The Labute approximate surface area is 147 Å². The van der Waals surface area contributed by atoms with Crippen molar-refractivity contribution in [2.75, 3.05) is 0 Å². The van der Waals surface area contributed by atoms with Gasteiger partial charge in [0.15, 0.2) is 5.11 Å². The van der Waals surface area contributed by atoms with Gasteiger partial charge in [0.2, 0.25) is 0 Å². The molecular formula is C17H11ClN4OS. The van der Waals surface area contributed by atoms with Crippen LogP contribution in [-0.4, -0.2) is 20.0 Å². The van der Waals surface area contributed by atoms with Crippen molar-refractivity contribution in [1.29, 1.82) is 0 Å². The normalized spacial score (nSPS) is 11.0. The molecular weight excluding hydrogens is 344 g/mol. The molecule has 24 heavy (non-hydrogen) atoms. The number of nitrogens with two attached hydrogens (primary N) is 1. The number of aromatic nitrogens is 3. The minimum Gasteiger partial charge on any atom is -0.374 e. The summed E-state index contributed by atoms with van der Waals surface area (Å²) in [6.45, 7) is 0. The van der Waals surface area contributed by atoms with Crippen molar-refractivity contribution < 1.29 is 4.52 Å². The Morgan fingerprint density at radius 1 is 1.04 bits per heavy atom. The van der Waals surface area contributed by atoms with E-state index in [1.807, 2.05) is 42.5 Å². The molecule has 2 aromatic carbocycles. The lowest BCUT2D eigenvalue weighted by Gasteiger charge is -2.06. The minimum atomic E-state index is 0.130. The molecule has 0 atom stereocenters. The summed E-state index contributed by atoms with van der Waals surface area (Å²) >= 11 is 11.1. The molecule has 0 bridgehead atoms. The van der Waals surface area contributed by atoms with Gasteiger partial charge in [-0.2, -0.15) is 0 Å². The minimum absolute atomic E-state index is 0.130. The molecule has 0 amide bonds. The van der Waals surface area contributed by atoms with Crippen LogP contribution in [0.3, 0.4) is 0 Å². The van der Waals surface area contributed by atoms with E-state index in [2.05, 4.69) is 10.3 Å². The Kier molecular flexibility index (Phi) is 3.55. The van der Waals surface area contributed by atoms with E-state index < -0.39 is 0 Å². The van der Waals surface area contributed by atoms with Crippen molar-refractivity contribution in [2.24, 2.45) is 5.73 Å². The molecule has 2 heterocycles. The number of halogens is 1. The van der Waals surface area contributed by atoms with E-state index >= 15 is 0 Å². The maximum absolute atomic E-state index is 6.00. The number of nitrogens with zero attached hydrogens (tertiary/aromatic N) is 3. The van der Waals surface area contributed by atoms with Gasteiger partial charge in [-0.05, 0) is 24.4 Å². The molecule has 4 aromatic rings. The van der Waals surface area contributed by atoms with Crippen LogP contribution in [0.2, 0.25) is 5.02 Å². The highest BCUT2D eigenvalue weighted by Crippen LogP contribution is 2.36. The van der Waals surface area contributed by atoms with Gasteiger partial charge in [-0.3, -0.25) is 0 Å². The van der Waals surface area contributed by atoms with E-state index in [-0.39, 0.29) is 5.11 Å². The quantitative estimate of drug-likeness (QED) is 0.549. The maximum Gasteiger partial charge on any atom is 0.277 e. The van der Waals surface area contributed by atoms with Crippen LogP contribution in [0.25, 0.3) is 33.6 Å². The summed E-state index contributed by atoms with van der Waals surface area (Å²) in [6.07, 6.45) is 0. The highest BCUT2D eigenvalue weighted by molar-refractivity contribution is 7.80. The number of benzene rings is 2. The van der Waals surface area contributed by atoms with Gasteiger partial charge in [0.1, 0.15) is 5.69 Å². The Morgan fingerprint density at radius 3 is 2.42 bits per heavy atom. The van der Waals surface area contributed by atoms with Gasteiger partial charge < -0.3 is 10.3 Å². The van der Waals surface area contributed by atoms with Gasteiger partial charge in [0, 0.05) is 16.1 Å². The fraction of sp³-hybridized carbons (Fsp3) is 0. The third-order valence-electron chi connectivity index (χ3n) is 3.69. The second-order valence-corrected chi connectivity index (χ2v) is 6.04. The standard InChI is InChI=1S/C17H11ClN4OS/c18-12-8-6-11(7-9-12)15-13-14(10-4-2-1-3-5-10)21-23-16(13)20-22(15)17(19)24/h1-9H,(H2,19,24). The van der Waals surface area contributed by atoms with Gasteiger partial charge >= 0.3 is 0 Å². The molecule has 2 aromatic heterocycles. The third-order valence-corrected chi connectivity index (χ3v) is 4.11. The van der Waals surface area contributed by atoms with Crippen molar-refractivity contribution in [3.8, 4) is 22.5 Å². The maximum atomic E-state index is 6.00. The number of hydrogen-bond acceptors (Lipinski definition) is 4. The zero-order valence-corrected chi connectivity index (χ0v) is 13.9. The van der Waals surface area contributed by atoms with Crippen LogP contribution in [-0.2, 0) is 0 Å². The van der Waals surface area contributed by atoms with Crippen LogP contribution in [0, 0.1) is 0 Å². The van der Waals surface area contributed by atoms with Gasteiger partial charge in [0.05, 0.1) is 11.1 Å². The third kappa shape index (κ3) is 2.36. The lowest BCUT2D eigenvalue weighted by Crippen LogP contribution is -2.21. The summed E-state index contributed by atoms with van der Waals surface area (Å²) in [4.78, 5) is 0. The topological polar surface area (TPSA) is 69.9 Å². The van der Waals surface area contributed by atoms with Gasteiger partial charge in [-0.1, -0.05) is 59.2 Å². The van der Waals surface area contributed by atoms with Crippen LogP contribution < -0.4 is 5.73 Å². The van der Waals surface area contributed by atoms with Gasteiger partial charge in [-0.15, -0.1) is 5.10 Å². The first-order valence-electron chi connectivity index (χ1n) is 7.14. The summed E-state index contributed by atoms with van der Waals surface area (Å²) in [5.41, 5.74) is 9.44. The lowest BCUT2D eigenvalue weighted by atomic mass is 10.0. The first kappa shape index (κ1) is 14.9. The molecule has 118 valence electrons. The average Bonchev–Trinajstić information content (AvgIpc) is 3.15. The molecule has 0 aliphatic rings. The van der Waals surface area contributed by atoms with E-state index in [0.717, 1.165) is 22.2 Å². The van der Waals surface area contributed by atoms with Crippen LogP contribution in [0.1, 0.15) is 0 Å². The summed E-state index contributed by atoms with van der Waals surface area (Å²) < 4.78 is 6.88. The summed E-state index contributed by atoms with van der Waals surface area (Å²) in [5.74, 6) is 0. The summed E-state index contributed by atoms with van der Waals surface area (Å²) in [5, 5.41) is 10.0. The Hall–Kier alpha value is -2.70. The number of hydrogen-bond donors (Lipinski definition) is 1. The second-order valence-electron chi connectivity index (χ2n) is 5.18. The van der Waals surface area contributed by atoms with Crippen molar-refractivity contribution >= 4 is 40.0 Å². The predicted octanol–water partition coefficient (Wildman–Crippen LogP) is 4.10. The number of rotatable bonds is 2. The number of thiocarbonyl (C=S) groups is 1. The van der Waals surface area contributed by atoms with E-state index in [0.29, 0.717) is 16.4 Å². The fourth-order valence-corrected chi connectivity index (χ4v) is 2.89. The van der Waals surface area contributed by atoms with Gasteiger partial charge in [0.25, 0.3) is 5.71 Å². The van der Waals surface area contributed by atoms with Crippen LogP contribution in [0.15, 0.2) is 59.1 Å². The van der Waals surface area contributed by atoms with Crippen molar-refractivity contribution in [1.82, 2.24) is 14.9 Å². The molecule has 2 N–H and O–H groups in total. The molecule has 0 spiro atoms. The van der Waals surface area contributed by atoms with Crippen LogP contribution in [0.5, 0.6) is 0 Å². The molecule has 0 aliphatic heterocycles. The zero-order chi connectivity index (χ0) is 16.7. The van der Waals surface area contributed by atoms with Crippen molar-refractivity contribution in [2.45, 2.75) is 0 Å². The highest BCUT2D eigenvalue weighted by Gasteiger charge is 2.23. The van der Waals surface area contributed by atoms with E-state index in [4.69, 9.17) is 34.1 Å². The van der Waals surface area contributed by atoms with Crippen molar-refractivity contribution in [3.63, 3.8) is 0 Å². The molecule has 0 aliphatic carbocycles. The zero-order valence-electron chi connectivity index (χ0n) is 12.3. The molecule has 5 nitrogen and oxygen atoms in total. The van der Waals surface area contributed by atoms with Gasteiger partial charge in [-0.25, -0.2) is 4.68 Å². The van der Waals surface area contributed by atoms with E-state index in [1.165, 1.54) is 4.68 Å². The Balaban J connectivity index is 2.05. The highest BCUT2D eigenvalue weighted by atomic mass is 35.5. The molecule has 0 saturated carbocycles. The van der Waals surface area contributed by atoms with Crippen LogP contribution in [0.4, 0.5) is 0 Å². The monoisotopic (exact) mass is 354 g/mol. The molecule has 4 rings (SSSR count). The smallest absolute Gasteiger partial charge is 0.277 e. The summed E-state index contributed by atoms with van der Waals surface area (Å²) in [7, 11) is 0. The van der Waals surface area contributed by atoms with E-state index in [1.54, 1.807) is 12.1 Å². The van der Waals surface area contributed by atoms with E-state index in [9.17, 15) is 0 Å². The molecule has 7 heteroatoms. The first-order valence-corrected chi connectivity index (χ1v) is 7.93. The first-order chi connectivity index (χ1) is 11.6. The second kappa shape index (κ2) is 5.74. The molecule has 0 fully saturated rings. The average molecular weight is 355 g/mol. The predicted molar refractivity (Wildman–Crippen MR) is 97.9 cm³/mol. The largest absolute Gasteiger partial charge is 0.374 e. The SMILES string of the molecule is NC(=S)n1nc2onc(-c3ccccc3)c2c1-c1ccc(Cl)cc1. The Morgan fingerprint density at radius 2 is 1.75 bits per heavy atom. The number of fused-ring (bicyclic) bond motifs is 1. The molecule has 0 unspecified atom stereocenters. The van der Waals surface area contributed by atoms with Crippen LogP contribution >= 0.6 is 23.8 Å². The lowest BCUT2D eigenvalue weighted by molar-refractivity contribution is 0.448.